The Hall–Kier alpha value is -3.50. The zero-order chi connectivity index (χ0) is 24.8. The number of rotatable bonds is 6. The van der Waals surface area contributed by atoms with Crippen LogP contribution in [0.4, 0.5) is 8.78 Å². The van der Waals surface area contributed by atoms with Crippen LogP contribution in [-0.4, -0.2) is 43.2 Å². The summed E-state index contributed by atoms with van der Waals surface area (Å²) in [6.07, 6.45) is 2.65. The first kappa shape index (κ1) is 23.7. The molecule has 0 spiro atoms. The van der Waals surface area contributed by atoms with Gasteiger partial charge < -0.3 is 19.2 Å². The topological polar surface area (TPSA) is 84.4 Å². The number of aryl methyl sites for hydroxylation is 1. The van der Waals surface area contributed by atoms with Gasteiger partial charge in [0.1, 0.15) is 17.1 Å². The van der Waals surface area contributed by atoms with E-state index in [-0.39, 0.29) is 22.0 Å². The van der Waals surface area contributed by atoms with Crippen LogP contribution < -0.4 is 10.3 Å². The molecule has 10 heteroatoms. The maximum atomic E-state index is 14.3. The lowest BCUT2D eigenvalue weighted by molar-refractivity contribution is 0.398. The summed E-state index contributed by atoms with van der Waals surface area (Å²) in [5.41, 5.74) is 1.73. The van der Waals surface area contributed by atoms with Crippen LogP contribution >= 0.6 is 0 Å². The van der Waals surface area contributed by atoms with E-state index in [0.29, 0.717) is 34.6 Å². The first-order valence-corrected chi connectivity index (χ1v) is 12.2. The van der Waals surface area contributed by atoms with Crippen molar-refractivity contribution >= 4 is 20.7 Å². The van der Waals surface area contributed by atoms with Crippen LogP contribution in [0, 0.1) is 11.6 Å². The van der Waals surface area contributed by atoms with Crippen molar-refractivity contribution in [2.45, 2.75) is 11.4 Å². The predicted octanol–water partition coefficient (Wildman–Crippen LogP) is 4.07. The fourth-order valence-corrected chi connectivity index (χ4v) is 4.39. The van der Waals surface area contributed by atoms with E-state index < -0.39 is 21.5 Å². The summed E-state index contributed by atoms with van der Waals surface area (Å²) in [7, 11) is 1.78. The molecule has 0 fully saturated rings. The first-order valence-electron chi connectivity index (χ1n) is 10.3. The summed E-state index contributed by atoms with van der Waals surface area (Å²) < 4.78 is 59.4. The summed E-state index contributed by atoms with van der Waals surface area (Å²) in [5.74, 6) is -1.73. The highest BCUT2D eigenvalue weighted by atomic mass is 32.2. The van der Waals surface area contributed by atoms with Gasteiger partial charge in [0, 0.05) is 54.3 Å². The molecule has 0 aliphatic rings. The van der Waals surface area contributed by atoms with Crippen molar-refractivity contribution in [3.05, 3.63) is 76.3 Å². The number of aromatic nitrogens is 2. The second-order valence-electron chi connectivity index (χ2n) is 8.39. The van der Waals surface area contributed by atoms with Gasteiger partial charge in [0.2, 0.25) is 0 Å². The van der Waals surface area contributed by atoms with E-state index >= 15 is 0 Å². The van der Waals surface area contributed by atoms with Crippen LogP contribution in [0.25, 0.3) is 22.0 Å². The van der Waals surface area contributed by atoms with Gasteiger partial charge in [0.15, 0.2) is 21.4 Å². The number of hydrogen-bond donors (Lipinski definition) is 1. The van der Waals surface area contributed by atoms with E-state index in [0.717, 1.165) is 24.1 Å². The maximum Gasteiger partial charge on any atom is 0.274 e. The van der Waals surface area contributed by atoms with Crippen LogP contribution in [0.1, 0.15) is 5.69 Å². The van der Waals surface area contributed by atoms with Crippen molar-refractivity contribution < 1.29 is 21.9 Å². The van der Waals surface area contributed by atoms with Gasteiger partial charge in [-0.2, -0.15) is 0 Å². The summed E-state index contributed by atoms with van der Waals surface area (Å²) >= 11 is 0. The van der Waals surface area contributed by atoms with Gasteiger partial charge in [-0.15, -0.1) is 0 Å². The number of fused-ring (bicyclic) bond motifs is 1. The van der Waals surface area contributed by atoms with Crippen LogP contribution in [0.2, 0.25) is 0 Å². The Morgan fingerprint density at radius 2 is 1.74 bits per heavy atom. The number of sulfone groups is 1. The molecule has 2 aromatic carbocycles. The molecular weight excluding hydrogens is 464 g/mol. The number of nitrogens with zero attached hydrogens (tertiary/aromatic N) is 2. The van der Waals surface area contributed by atoms with Gasteiger partial charge in [0.05, 0.1) is 4.90 Å². The minimum absolute atomic E-state index is 0.0282. The van der Waals surface area contributed by atoms with E-state index in [1.54, 1.807) is 13.2 Å². The summed E-state index contributed by atoms with van der Waals surface area (Å²) in [6, 6.07) is 8.92. The van der Waals surface area contributed by atoms with Gasteiger partial charge >= 0.3 is 0 Å². The zero-order valence-electron chi connectivity index (χ0n) is 19.0. The fraction of sp³-hybridized carbons (Fsp3) is 0.208. The third-order valence-electron chi connectivity index (χ3n) is 5.29. The van der Waals surface area contributed by atoms with Gasteiger partial charge in [-0.05, 0) is 50.5 Å². The second kappa shape index (κ2) is 8.69. The van der Waals surface area contributed by atoms with Crippen LogP contribution in [0.5, 0.6) is 11.5 Å². The molecule has 0 radical (unpaired) electrons. The molecule has 1 N–H and O–H groups in total. The summed E-state index contributed by atoms with van der Waals surface area (Å²) in [4.78, 5) is 17.9. The molecule has 4 aromatic rings. The number of nitrogens with one attached hydrogen (secondary N) is 1. The van der Waals surface area contributed by atoms with Gasteiger partial charge in [-0.3, -0.25) is 4.79 Å². The van der Waals surface area contributed by atoms with Crippen molar-refractivity contribution in [2.75, 3.05) is 20.4 Å². The number of ether oxygens (including phenoxy) is 1. The molecule has 34 heavy (non-hydrogen) atoms. The summed E-state index contributed by atoms with van der Waals surface area (Å²) in [5, 5.41) is 0.565. The highest BCUT2D eigenvalue weighted by Gasteiger charge is 2.20. The molecule has 178 valence electrons. The fourth-order valence-electron chi connectivity index (χ4n) is 3.75. The Labute approximate surface area is 195 Å². The van der Waals surface area contributed by atoms with Crippen LogP contribution in [0.3, 0.4) is 0 Å². The Kier molecular flexibility index (Phi) is 6.05. The van der Waals surface area contributed by atoms with E-state index in [2.05, 4.69) is 4.98 Å². The molecule has 0 amide bonds. The molecule has 7 nitrogen and oxygen atoms in total. The molecule has 0 unspecified atom stereocenters. The monoisotopic (exact) mass is 487 g/mol. The van der Waals surface area contributed by atoms with Gasteiger partial charge in [-0.1, -0.05) is 0 Å². The largest absolute Gasteiger partial charge is 0.454 e. The first-order chi connectivity index (χ1) is 15.9. The lowest BCUT2D eigenvalue weighted by Crippen LogP contribution is -2.17. The summed E-state index contributed by atoms with van der Waals surface area (Å²) in [6.45, 7) is 0.546. The average molecular weight is 488 g/mol. The van der Waals surface area contributed by atoms with Crippen molar-refractivity contribution in [3.63, 3.8) is 0 Å². The molecule has 0 saturated carbocycles. The van der Waals surface area contributed by atoms with E-state index in [1.807, 2.05) is 25.1 Å². The van der Waals surface area contributed by atoms with Gasteiger partial charge in [-0.25, -0.2) is 17.2 Å². The standard InChI is InChI=1S/C24H23F2N3O4S/c1-28(2)12-15-10-18-19(13-29(3)24(30)23(18)27-15)17-11-16(34(4,31)32)6-8-21(17)33-22-7-5-14(25)9-20(22)26/h5-11,13,27H,12H2,1-4H3. The molecule has 0 saturated heterocycles. The smallest absolute Gasteiger partial charge is 0.274 e. The highest BCUT2D eigenvalue weighted by molar-refractivity contribution is 7.90. The van der Waals surface area contributed by atoms with Crippen LogP contribution in [-0.2, 0) is 23.4 Å². The Morgan fingerprint density at radius 3 is 2.38 bits per heavy atom. The van der Waals surface area contributed by atoms with Crippen molar-refractivity contribution in [1.29, 1.82) is 0 Å². The number of pyridine rings is 1. The third-order valence-corrected chi connectivity index (χ3v) is 6.40. The molecule has 0 atom stereocenters. The number of aromatic amines is 1. The van der Waals surface area contributed by atoms with Crippen molar-refractivity contribution in [1.82, 2.24) is 14.5 Å². The normalized spacial score (nSPS) is 12.0. The molecule has 0 aliphatic heterocycles. The van der Waals surface area contributed by atoms with Crippen LogP contribution in [0.15, 0.2) is 58.4 Å². The van der Waals surface area contributed by atoms with Gasteiger partial charge in [0.25, 0.3) is 5.56 Å². The quantitative estimate of drug-likeness (QED) is 0.443. The lowest BCUT2D eigenvalue weighted by Gasteiger charge is -2.15. The highest BCUT2D eigenvalue weighted by Crippen LogP contribution is 2.39. The predicted molar refractivity (Wildman–Crippen MR) is 126 cm³/mol. The molecule has 0 aliphatic carbocycles. The average Bonchev–Trinajstić information content (AvgIpc) is 3.15. The maximum absolute atomic E-state index is 14.3. The van der Waals surface area contributed by atoms with Crippen molar-refractivity contribution in [3.8, 4) is 22.6 Å². The number of H-pyrrole nitrogens is 1. The van der Waals surface area contributed by atoms with E-state index in [9.17, 15) is 22.0 Å². The Morgan fingerprint density at radius 1 is 1.03 bits per heavy atom. The van der Waals surface area contributed by atoms with Crippen molar-refractivity contribution in [2.24, 2.45) is 7.05 Å². The molecule has 0 bridgehead atoms. The van der Waals surface area contributed by atoms with E-state index in [1.165, 1.54) is 22.8 Å². The third kappa shape index (κ3) is 4.59. The molecule has 2 aromatic heterocycles. The molecule has 2 heterocycles. The molecule has 4 rings (SSSR count). The Bertz CT molecular complexity index is 1570. The minimum Gasteiger partial charge on any atom is -0.454 e. The number of halogens is 2. The minimum atomic E-state index is -3.58. The zero-order valence-corrected chi connectivity index (χ0v) is 19.8. The number of benzene rings is 2. The second-order valence-corrected chi connectivity index (χ2v) is 10.4. The van der Waals surface area contributed by atoms with E-state index in [4.69, 9.17) is 4.74 Å². The lowest BCUT2D eigenvalue weighted by atomic mass is 10.0. The molecular formula is C24H23F2N3O4S. The Balaban J connectivity index is 1.99. The number of hydrogen-bond acceptors (Lipinski definition) is 5. The SMILES string of the molecule is CN(C)Cc1cc2c(-c3cc(S(C)(=O)=O)ccc3Oc3ccc(F)cc3F)cn(C)c(=O)c2[nH]1.